The Morgan fingerprint density at radius 1 is 0.919 bits per heavy atom. The maximum Gasteiger partial charge on any atom is 0.261 e. The summed E-state index contributed by atoms with van der Waals surface area (Å²) in [5, 5.41) is 3.82. The number of halogens is 2. The normalized spacial score (nSPS) is 11.7. The van der Waals surface area contributed by atoms with Crippen LogP contribution in [0.4, 0.5) is 0 Å². The molecular formula is C30H34Cl2N2O3. The molecule has 196 valence electrons. The highest BCUT2D eigenvalue weighted by atomic mass is 35.5. The predicted octanol–water partition coefficient (Wildman–Crippen LogP) is 6.66. The smallest absolute Gasteiger partial charge is 0.261 e. The Labute approximate surface area is 229 Å². The molecule has 1 N–H and O–H groups in total. The lowest BCUT2D eigenvalue weighted by Crippen LogP contribution is -2.51. The van der Waals surface area contributed by atoms with Crippen LogP contribution in [-0.2, 0) is 22.6 Å². The van der Waals surface area contributed by atoms with Gasteiger partial charge in [0.15, 0.2) is 6.61 Å². The van der Waals surface area contributed by atoms with Gasteiger partial charge in [-0.2, -0.15) is 0 Å². The SMILES string of the molecule is CCCNC(=O)[C@@H](Cc1ccccc1)N(Cc1c(Cl)cccc1Cl)C(=O)COc1ccc(C(C)C)cc1. The van der Waals surface area contributed by atoms with Gasteiger partial charge in [-0.15, -0.1) is 0 Å². The molecular weight excluding hydrogens is 507 g/mol. The van der Waals surface area contributed by atoms with Crippen molar-refractivity contribution in [2.45, 2.75) is 52.1 Å². The van der Waals surface area contributed by atoms with E-state index in [1.807, 2.05) is 61.5 Å². The van der Waals surface area contributed by atoms with Crippen molar-refractivity contribution in [2.24, 2.45) is 0 Å². The van der Waals surface area contributed by atoms with Crippen LogP contribution in [0.2, 0.25) is 10.0 Å². The highest BCUT2D eigenvalue weighted by molar-refractivity contribution is 6.36. The van der Waals surface area contributed by atoms with E-state index in [1.54, 1.807) is 18.2 Å². The molecule has 0 saturated heterocycles. The summed E-state index contributed by atoms with van der Waals surface area (Å²) < 4.78 is 5.85. The van der Waals surface area contributed by atoms with Gasteiger partial charge in [0.05, 0.1) is 0 Å². The van der Waals surface area contributed by atoms with E-state index in [0.29, 0.717) is 40.2 Å². The summed E-state index contributed by atoms with van der Waals surface area (Å²) in [6, 6.07) is 21.7. The van der Waals surface area contributed by atoms with Gasteiger partial charge in [-0.05, 0) is 47.7 Å². The van der Waals surface area contributed by atoms with E-state index in [1.165, 1.54) is 10.5 Å². The number of benzene rings is 3. The summed E-state index contributed by atoms with van der Waals surface area (Å²) >= 11 is 12.9. The molecule has 0 spiro atoms. The molecule has 3 aromatic carbocycles. The van der Waals surface area contributed by atoms with Gasteiger partial charge in [0.2, 0.25) is 5.91 Å². The number of nitrogens with zero attached hydrogens (tertiary/aromatic N) is 1. The van der Waals surface area contributed by atoms with Crippen LogP contribution >= 0.6 is 23.2 Å². The van der Waals surface area contributed by atoms with Gasteiger partial charge in [0.1, 0.15) is 11.8 Å². The summed E-state index contributed by atoms with van der Waals surface area (Å²) in [6.07, 6.45) is 1.12. The monoisotopic (exact) mass is 540 g/mol. The minimum Gasteiger partial charge on any atom is -0.484 e. The Kier molecular flexibility index (Phi) is 10.8. The van der Waals surface area contributed by atoms with Gasteiger partial charge in [0.25, 0.3) is 5.91 Å². The van der Waals surface area contributed by atoms with E-state index in [2.05, 4.69) is 19.2 Å². The Balaban J connectivity index is 1.91. The number of nitrogens with one attached hydrogen (secondary N) is 1. The van der Waals surface area contributed by atoms with Gasteiger partial charge >= 0.3 is 0 Å². The van der Waals surface area contributed by atoms with Gasteiger partial charge in [0, 0.05) is 35.1 Å². The second-order valence-corrected chi connectivity index (χ2v) is 10.0. The van der Waals surface area contributed by atoms with E-state index in [-0.39, 0.29) is 25.0 Å². The van der Waals surface area contributed by atoms with Crippen molar-refractivity contribution in [3.8, 4) is 5.75 Å². The second-order valence-electron chi connectivity index (χ2n) is 9.23. The minimum absolute atomic E-state index is 0.0734. The van der Waals surface area contributed by atoms with Crippen molar-refractivity contribution < 1.29 is 14.3 Å². The molecule has 0 bridgehead atoms. The first-order valence-electron chi connectivity index (χ1n) is 12.6. The molecule has 0 aliphatic heterocycles. The summed E-state index contributed by atoms with van der Waals surface area (Å²) in [7, 11) is 0. The summed E-state index contributed by atoms with van der Waals surface area (Å²) in [4.78, 5) is 28.6. The van der Waals surface area contributed by atoms with Crippen LogP contribution < -0.4 is 10.1 Å². The van der Waals surface area contributed by atoms with E-state index < -0.39 is 6.04 Å². The minimum atomic E-state index is -0.777. The molecule has 5 nitrogen and oxygen atoms in total. The second kappa shape index (κ2) is 14.1. The van der Waals surface area contributed by atoms with E-state index in [0.717, 1.165) is 12.0 Å². The molecule has 2 amide bonds. The van der Waals surface area contributed by atoms with Crippen molar-refractivity contribution in [3.05, 3.63) is 99.5 Å². The lowest BCUT2D eigenvalue weighted by atomic mass is 10.0. The number of carbonyl (C=O) groups is 2. The molecule has 3 rings (SSSR count). The van der Waals surface area contributed by atoms with Crippen molar-refractivity contribution >= 4 is 35.0 Å². The highest BCUT2D eigenvalue weighted by Gasteiger charge is 2.31. The largest absolute Gasteiger partial charge is 0.484 e. The van der Waals surface area contributed by atoms with Crippen molar-refractivity contribution in [1.29, 1.82) is 0 Å². The fraction of sp³-hybridized carbons (Fsp3) is 0.333. The third kappa shape index (κ3) is 8.24. The van der Waals surface area contributed by atoms with Gasteiger partial charge in [-0.3, -0.25) is 9.59 Å². The summed E-state index contributed by atoms with van der Waals surface area (Å²) in [5.74, 6) is 0.412. The predicted molar refractivity (Wildman–Crippen MR) is 150 cm³/mol. The Morgan fingerprint density at radius 2 is 1.57 bits per heavy atom. The molecule has 0 radical (unpaired) electrons. The molecule has 0 fully saturated rings. The number of hydrogen-bond donors (Lipinski definition) is 1. The lowest BCUT2D eigenvalue weighted by Gasteiger charge is -2.32. The first kappa shape index (κ1) is 28.5. The van der Waals surface area contributed by atoms with Gasteiger partial charge in [-0.25, -0.2) is 0 Å². The Morgan fingerprint density at radius 3 is 2.16 bits per heavy atom. The molecule has 0 aliphatic rings. The lowest BCUT2D eigenvalue weighted by molar-refractivity contribution is -0.142. The fourth-order valence-corrected chi connectivity index (χ4v) is 4.47. The van der Waals surface area contributed by atoms with Crippen LogP contribution in [0.25, 0.3) is 0 Å². The Hall–Kier alpha value is -3.02. The summed E-state index contributed by atoms with van der Waals surface area (Å²) in [6.45, 7) is 6.58. The van der Waals surface area contributed by atoms with Crippen molar-refractivity contribution in [3.63, 3.8) is 0 Å². The molecule has 0 aliphatic carbocycles. The Bertz CT molecular complexity index is 1150. The first-order chi connectivity index (χ1) is 17.8. The van der Waals surface area contributed by atoms with E-state index >= 15 is 0 Å². The molecule has 0 heterocycles. The van der Waals surface area contributed by atoms with Crippen LogP contribution in [-0.4, -0.2) is 35.9 Å². The third-order valence-corrected chi connectivity index (χ3v) is 6.83. The molecule has 37 heavy (non-hydrogen) atoms. The number of rotatable bonds is 12. The maximum atomic E-state index is 13.7. The molecule has 3 aromatic rings. The summed E-state index contributed by atoms with van der Waals surface area (Å²) in [5.41, 5.74) is 2.71. The third-order valence-electron chi connectivity index (χ3n) is 6.12. The van der Waals surface area contributed by atoms with Crippen LogP contribution in [0.15, 0.2) is 72.8 Å². The quantitative estimate of drug-likeness (QED) is 0.279. The molecule has 1 atom stereocenters. The standard InChI is InChI=1S/C30H34Cl2N2O3/c1-4-17-33-30(36)28(18-22-9-6-5-7-10-22)34(19-25-26(31)11-8-12-27(25)32)29(35)20-37-24-15-13-23(14-16-24)21(2)3/h5-16,21,28H,4,17-20H2,1-3H3,(H,33,36)/t28-/m1/s1. The highest BCUT2D eigenvalue weighted by Crippen LogP contribution is 2.27. The van der Waals surface area contributed by atoms with Crippen LogP contribution in [0.5, 0.6) is 5.75 Å². The zero-order valence-electron chi connectivity index (χ0n) is 21.5. The number of ether oxygens (including phenoxy) is 1. The van der Waals surface area contributed by atoms with Gasteiger partial charge < -0.3 is 15.0 Å². The molecule has 0 unspecified atom stereocenters. The molecule has 7 heteroatoms. The van der Waals surface area contributed by atoms with E-state index in [4.69, 9.17) is 27.9 Å². The van der Waals surface area contributed by atoms with Crippen LogP contribution in [0.3, 0.4) is 0 Å². The average Bonchev–Trinajstić information content (AvgIpc) is 2.90. The number of carbonyl (C=O) groups excluding carboxylic acids is 2. The number of hydrogen-bond acceptors (Lipinski definition) is 3. The van der Waals surface area contributed by atoms with Crippen LogP contribution in [0, 0.1) is 0 Å². The van der Waals surface area contributed by atoms with Crippen LogP contribution in [0.1, 0.15) is 49.8 Å². The van der Waals surface area contributed by atoms with Crippen molar-refractivity contribution in [2.75, 3.05) is 13.2 Å². The first-order valence-corrected chi connectivity index (χ1v) is 13.3. The van der Waals surface area contributed by atoms with Gasteiger partial charge in [-0.1, -0.05) is 92.5 Å². The fourth-order valence-electron chi connectivity index (χ4n) is 3.95. The molecule has 0 aromatic heterocycles. The zero-order valence-corrected chi connectivity index (χ0v) is 23.1. The van der Waals surface area contributed by atoms with E-state index in [9.17, 15) is 9.59 Å². The topological polar surface area (TPSA) is 58.6 Å². The zero-order chi connectivity index (χ0) is 26.8. The maximum absolute atomic E-state index is 13.7. The van der Waals surface area contributed by atoms with Crippen molar-refractivity contribution in [1.82, 2.24) is 10.2 Å². The average molecular weight is 542 g/mol. The number of amides is 2. The molecule has 0 saturated carbocycles.